The van der Waals surface area contributed by atoms with Crippen molar-refractivity contribution in [2.45, 2.75) is 31.9 Å². The van der Waals surface area contributed by atoms with Crippen LogP contribution in [-0.4, -0.2) is 41.4 Å². The number of ether oxygens (including phenoxy) is 1. The van der Waals surface area contributed by atoms with Gasteiger partial charge in [0.2, 0.25) is 5.91 Å². The van der Waals surface area contributed by atoms with Crippen molar-refractivity contribution in [3.8, 4) is 5.75 Å². The van der Waals surface area contributed by atoms with Crippen LogP contribution in [0.2, 0.25) is 0 Å². The highest BCUT2D eigenvalue weighted by molar-refractivity contribution is 6.09. The van der Waals surface area contributed by atoms with Crippen molar-refractivity contribution in [1.82, 2.24) is 10.2 Å². The standard InChI is InChI=1S/C21H21F2N3O4/c1-21(12-11-14-5-3-2-4-6-14)18(28)26(20(29)25-21)13-17(27)24-15-7-9-16(10-8-15)30-19(22)23/h2-10,19H,11-13H2,1H3,(H,24,27)(H,25,29)/t21-/m0/s1. The Bertz CT molecular complexity index is 922. The Balaban J connectivity index is 1.57. The minimum atomic E-state index is -2.94. The number of hydrogen-bond acceptors (Lipinski definition) is 4. The van der Waals surface area contributed by atoms with Gasteiger partial charge in [0.05, 0.1) is 0 Å². The SMILES string of the molecule is C[C@@]1(CCc2ccccc2)NC(=O)N(CC(=O)Nc2ccc(OC(F)F)cc2)C1=O. The van der Waals surface area contributed by atoms with E-state index >= 15 is 0 Å². The van der Waals surface area contributed by atoms with Gasteiger partial charge in [-0.2, -0.15) is 8.78 Å². The Morgan fingerprint density at radius 1 is 1.13 bits per heavy atom. The summed E-state index contributed by atoms with van der Waals surface area (Å²) >= 11 is 0. The molecular weight excluding hydrogens is 396 g/mol. The van der Waals surface area contributed by atoms with Gasteiger partial charge in [-0.3, -0.25) is 14.5 Å². The lowest BCUT2D eigenvalue weighted by Crippen LogP contribution is -2.45. The number of carbonyl (C=O) groups excluding carboxylic acids is 3. The highest BCUT2D eigenvalue weighted by Gasteiger charge is 2.47. The zero-order valence-electron chi connectivity index (χ0n) is 16.2. The van der Waals surface area contributed by atoms with Gasteiger partial charge in [0.1, 0.15) is 17.8 Å². The maximum absolute atomic E-state index is 12.8. The van der Waals surface area contributed by atoms with Crippen LogP contribution in [0.5, 0.6) is 5.75 Å². The predicted octanol–water partition coefficient (Wildman–Crippen LogP) is 3.17. The first-order valence-electron chi connectivity index (χ1n) is 9.29. The number of benzene rings is 2. The summed E-state index contributed by atoms with van der Waals surface area (Å²) < 4.78 is 28.6. The first-order valence-corrected chi connectivity index (χ1v) is 9.29. The highest BCUT2D eigenvalue weighted by atomic mass is 19.3. The summed E-state index contributed by atoms with van der Waals surface area (Å²) in [6, 6.07) is 14.2. The number of amides is 4. The maximum Gasteiger partial charge on any atom is 0.387 e. The molecule has 30 heavy (non-hydrogen) atoms. The van der Waals surface area contributed by atoms with Crippen LogP contribution < -0.4 is 15.4 Å². The number of aryl methyl sites for hydroxylation is 1. The Morgan fingerprint density at radius 2 is 1.80 bits per heavy atom. The number of hydrogen-bond donors (Lipinski definition) is 2. The Hall–Kier alpha value is -3.49. The van der Waals surface area contributed by atoms with Crippen LogP contribution in [0.25, 0.3) is 0 Å². The number of nitrogens with zero attached hydrogens (tertiary/aromatic N) is 1. The molecule has 2 aromatic carbocycles. The van der Waals surface area contributed by atoms with E-state index in [9.17, 15) is 23.2 Å². The second-order valence-corrected chi connectivity index (χ2v) is 7.09. The van der Waals surface area contributed by atoms with Crippen LogP contribution in [-0.2, 0) is 16.0 Å². The van der Waals surface area contributed by atoms with E-state index in [1.54, 1.807) is 6.92 Å². The largest absolute Gasteiger partial charge is 0.435 e. The first kappa shape index (κ1) is 21.2. The van der Waals surface area contributed by atoms with Crippen LogP contribution in [0.15, 0.2) is 54.6 Å². The molecule has 7 nitrogen and oxygen atoms in total. The topological polar surface area (TPSA) is 87.7 Å². The molecule has 0 spiro atoms. The molecule has 158 valence electrons. The number of halogens is 2. The third-order valence-corrected chi connectivity index (χ3v) is 4.77. The minimum absolute atomic E-state index is 0.0497. The predicted molar refractivity (Wildman–Crippen MR) is 105 cm³/mol. The van der Waals surface area contributed by atoms with E-state index in [0.29, 0.717) is 18.5 Å². The van der Waals surface area contributed by atoms with Crippen molar-refractivity contribution >= 4 is 23.5 Å². The van der Waals surface area contributed by atoms with Crippen molar-refractivity contribution in [2.24, 2.45) is 0 Å². The van der Waals surface area contributed by atoms with E-state index in [1.807, 2.05) is 30.3 Å². The van der Waals surface area contributed by atoms with Crippen molar-refractivity contribution in [2.75, 3.05) is 11.9 Å². The van der Waals surface area contributed by atoms with Gasteiger partial charge in [0.25, 0.3) is 5.91 Å². The quantitative estimate of drug-likeness (QED) is 0.646. The molecular formula is C21H21F2N3O4. The average Bonchev–Trinajstić information content (AvgIpc) is 2.92. The third-order valence-electron chi connectivity index (χ3n) is 4.77. The van der Waals surface area contributed by atoms with Crippen molar-refractivity contribution < 1.29 is 27.9 Å². The molecule has 0 bridgehead atoms. The fourth-order valence-electron chi connectivity index (χ4n) is 3.16. The fourth-order valence-corrected chi connectivity index (χ4v) is 3.16. The lowest BCUT2D eigenvalue weighted by molar-refractivity contribution is -0.133. The number of imide groups is 1. The fraction of sp³-hybridized carbons (Fsp3) is 0.286. The zero-order chi connectivity index (χ0) is 21.7. The number of anilines is 1. The summed E-state index contributed by atoms with van der Waals surface area (Å²) in [6.07, 6.45) is 0.988. The number of urea groups is 1. The molecule has 9 heteroatoms. The molecule has 1 heterocycles. The molecule has 0 saturated carbocycles. The van der Waals surface area contributed by atoms with Crippen LogP contribution >= 0.6 is 0 Å². The van der Waals surface area contributed by atoms with E-state index in [-0.39, 0.29) is 5.75 Å². The zero-order valence-corrected chi connectivity index (χ0v) is 16.2. The van der Waals surface area contributed by atoms with Gasteiger partial charge < -0.3 is 15.4 Å². The van der Waals surface area contributed by atoms with Gasteiger partial charge >= 0.3 is 12.6 Å². The number of carbonyl (C=O) groups is 3. The average molecular weight is 417 g/mol. The van der Waals surface area contributed by atoms with E-state index in [0.717, 1.165) is 10.5 Å². The van der Waals surface area contributed by atoms with Crippen molar-refractivity contribution in [1.29, 1.82) is 0 Å². The second-order valence-electron chi connectivity index (χ2n) is 7.09. The molecule has 1 saturated heterocycles. The molecule has 0 unspecified atom stereocenters. The summed E-state index contributed by atoms with van der Waals surface area (Å²) in [4.78, 5) is 38.2. The number of alkyl halides is 2. The second kappa shape index (κ2) is 8.89. The monoisotopic (exact) mass is 417 g/mol. The summed E-state index contributed by atoms with van der Waals surface area (Å²) in [5.41, 5.74) is 0.262. The van der Waals surface area contributed by atoms with Crippen molar-refractivity contribution in [3.63, 3.8) is 0 Å². The third kappa shape index (κ3) is 5.11. The van der Waals surface area contributed by atoms with Crippen molar-refractivity contribution in [3.05, 3.63) is 60.2 Å². The van der Waals surface area contributed by atoms with E-state index in [2.05, 4.69) is 15.4 Å². The van der Waals surface area contributed by atoms with Crippen LogP contribution in [0.1, 0.15) is 18.9 Å². The molecule has 1 aliphatic rings. The van der Waals surface area contributed by atoms with Gasteiger partial charge in [0.15, 0.2) is 0 Å². The molecule has 1 atom stereocenters. The number of nitrogens with one attached hydrogen (secondary N) is 2. The first-order chi connectivity index (χ1) is 14.3. The lowest BCUT2D eigenvalue weighted by Gasteiger charge is -2.21. The van der Waals surface area contributed by atoms with Gasteiger partial charge in [-0.05, 0) is 49.6 Å². The summed E-state index contributed by atoms with van der Waals surface area (Å²) in [7, 11) is 0. The minimum Gasteiger partial charge on any atom is -0.435 e. The van der Waals surface area contributed by atoms with Crippen LogP contribution in [0, 0.1) is 0 Å². The summed E-state index contributed by atoms with van der Waals surface area (Å²) in [6.45, 7) is -1.77. The molecule has 0 radical (unpaired) electrons. The van der Waals surface area contributed by atoms with E-state index in [1.165, 1.54) is 24.3 Å². The van der Waals surface area contributed by atoms with E-state index in [4.69, 9.17) is 0 Å². The summed E-state index contributed by atoms with van der Waals surface area (Å²) in [5, 5.41) is 5.18. The van der Waals surface area contributed by atoms with Gasteiger partial charge in [-0.15, -0.1) is 0 Å². The summed E-state index contributed by atoms with van der Waals surface area (Å²) in [5.74, 6) is -1.11. The van der Waals surface area contributed by atoms with Crippen LogP contribution in [0.4, 0.5) is 19.3 Å². The van der Waals surface area contributed by atoms with Gasteiger partial charge in [0, 0.05) is 5.69 Å². The maximum atomic E-state index is 12.8. The molecule has 1 fully saturated rings. The normalized spacial score (nSPS) is 18.5. The molecule has 0 aromatic heterocycles. The molecule has 3 rings (SSSR count). The van der Waals surface area contributed by atoms with Gasteiger partial charge in [-0.1, -0.05) is 30.3 Å². The molecule has 0 aliphatic carbocycles. The van der Waals surface area contributed by atoms with Gasteiger partial charge in [-0.25, -0.2) is 4.79 Å². The number of rotatable bonds is 8. The Labute approximate surface area is 172 Å². The molecule has 4 amide bonds. The highest BCUT2D eigenvalue weighted by Crippen LogP contribution is 2.23. The Kier molecular flexibility index (Phi) is 6.29. The molecule has 1 aliphatic heterocycles. The Morgan fingerprint density at radius 3 is 2.43 bits per heavy atom. The lowest BCUT2D eigenvalue weighted by atomic mass is 9.93. The van der Waals surface area contributed by atoms with Crippen LogP contribution in [0.3, 0.4) is 0 Å². The molecule has 2 aromatic rings. The molecule has 2 N–H and O–H groups in total. The smallest absolute Gasteiger partial charge is 0.387 e. The van der Waals surface area contributed by atoms with E-state index < -0.39 is 36.5 Å².